The lowest BCUT2D eigenvalue weighted by Crippen LogP contribution is -2.42. The molecule has 0 atom stereocenters. The Bertz CT molecular complexity index is 415. The second kappa shape index (κ2) is 5.57. The van der Waals surface area contributed by atoms with Gasteiger partial charge in [0.1, 0.15) is 0 Å². The van der Waals surface area contributed by atoms with Gasteiger partial charge >= 0.3 is 0 Å². The molecule has 0 aliphatic heterocycles. The Morgan fingerprint density at radius 1 is 1.21 bits per heavy atom. The molecule has 19 heavy (non-hydrogen) atoms. The molecule has 104 valence electrons. The molecule has 3 rings (SSSR count). The van der Waals surface area contributed by atoms with E-state index in [0.717, 1.165) is 12.0 Å². The van der Waals surface area contributed by atoms with Crippen LogP contribution < -0.4 is 5.32 Å². The van der Waals surface area contributed by atoms with Crippen molar-refractivity contribution in [3.8, 4) is 0 Å². The molecule has 2 fully saturated rings. The van der Waals surface area contributed by atoms with Crippen LogP contribution in [0.1, 0.15) is 56.9 Å². The van der Waals surface area contributed by atoms with Crippen LogP contribution in [0.3, 0.4) is 0 Å². The van der Waals surface area contributed by atoms with E-state index in [1.165, 1.54) is 55.1 Å². The van der Waals surface area contributed by atoms with Gasteiger partial charge in [-0.15, -0.1) is 0 Å². The molecule has 1 aromatic carbocycles. The zero-order valence-electron chi connectivity index (χ0n) is 11.8. The van der Waals surface area contributed by atoms with Crippen molar-refractivity contribution in [1.29, 1.82) is 0 Å². The largest absolute Gasteiger partial charge is 0.313 e. The topological polar surface area (TPSA) is 12.0 Å². The second-order valence-corrected chi connectivity index (χ2v) is 7.46. The fourth-order valence-electron chi connectivity index (χ4n) is 3.37. The monoisotopic (exact) mass is 321 g/mol. The summed E-state index contributed by atoms with van der Waals surface area (Å²) >= 11 is 3.50. The quantitative estimate of drug-likeness (QED) is 0.788. The first-order chi connectivity index (χ1) is 9.21. The maximum atomic E-state index is 3.81. The van der Waals surface area contributed by atoms with Gasteiger partial charge in [0.2, 0.25) is 0 Å². The molecule has 1 nitrogen and oxygen atoms in total. The number of rotatable bonds is 6. The van der Waals surface area contributed by atoms with Crippen molar-refractivity contribution in [1.82, 2.24) is 5.32 Å². The molecular weight excluding hydrogens is 298 g/mol. The fourth-order valence-corrected chi connectivity index (χ4v) is 3.64. The van der Waals surface area contributed by atoms with Gasteiger partial charge in [-0.05, 0) is 61.1 Å². The van der Waals surface area contributed by atoms with E-state index >= 15 is 0 Å². The maximum Gasteiger partial charge on any atom is 0.0175 e. The Kier molecular flexibility index (Phi) is 4.00. The molecular formula is C17H24BrN. The first kappa shape index (κ1) is 13.6. The average Bonchev–Trinajstić information content (AvgIpc) is 3.10. The summed E-state index contributed by atoms with van der Waals surface area (Å²) in [5, 5.41) is 3.81. The molecule has 0 heterocycles. The van der Waals surface area contributed by atoms with E-state index in [0.29, 0.717) is 5.41 Å². The van der Waals surface area contributed by atoms with Gasteiger partial charge in [-0.2, -0.15) is 0 Å². The summed E-state index contributed by atoms with van der Waals surface area (Å²) in [6.45, 7) is 3.57. The van der Waals surface area contributed by atoms with Crippen LogP contribution >= 0.6 is 15.9 Å². The zero-order chi connectivity index (χ0) is 13.3. The van der Waals surface area contributed by atoms with Crippen molar-refractivity contribution in [2.45, 2.75) is 57.4 Å². The molecule has 0 spiro atoms. The first-order valence-electron chi connectivity index (χ1n) is 7.70. The van der Waals surface area contributed by atoms with Crippen LogP contribution in [0.4, 0.5) is 0 Å². The fraction of sp³-hybridized carbons (Fsp3) is 0.647. The standard InChI is InChI=1S/C17H24BrN/c1-2-7-17(8-9-17)12-19-16-10-14(11-16)13-3-5-15(18)6-4-13/h3-6,14,16,19H,2,7-12H2,1H3. The van der Waals surface area contributed by atoms with Crippen LogP contribution in [0, 0.1) is 5.41 Å². The third kappa shape index (κ3) is 3.22. The highest BCUT2D eigenvalue weighted by Crippen LogP contribution is 2.49. The molecule has 0 aromatic heterocycles. The average molecular weight is 322 g/mol. The van der Waals surface area contributed by atoms with E-state index in [2.05, 4.69) is 52.4 Å². The molecule has 2 saturated carbocycles. The Balaban J connectivity index is 1.42. The van der Waals surface area contributed by atoms with E-state index in [-0.39, 0.29) is 0 Å². The van der Waals surface area contributed by atoms with Crippen molar-refractivity contribution >= 4 is 15.9 Å². The van der Waals surface area contributed by atoms with E-state index < -0.39 is 0 Å². The number of nitrogens with one attached hydrogen (secondary N) is 1. The normalized spacial score (nSPS) is 27.9. The highest BCUT2D eigenvalue weighted by molar-refractivity contribution is 9.10. The lowest BCUT2D eigenvalue weighted by Gasteiger charge is -2.37. The minimum absolute atomic E-state index is 0.692. The van der Waals surface area contributed by atoms with Crippen molar-refractivity contribution in [2.24, 2.45) is 5.41 Å². The molecule has 0 amide bonds. The molecule has 2 heteroatoms. The van der Waals surface area contributed by atoms with E-state index in [4.69, 9.17) is 0 Å². The minimum atomic E-state index is 0.692. The van der Waals surface area contributed by atoms with Crippen molar-refractivity contribution in [3.63, 3.8) is 0 Å². The van der Waals surface area contributed by atoms with Crippen LogP contribution in [0.2, 0.25) is 0 Å². The molecule has 0 bridgehead atoms. The minimum Gasteiger partial charge on any atom is -0.313 e. The molecule has 0 saturated heterocycles. The first-order valence-corrected chi connectivity index (χ1v) is 8.49. The van der Waals surface area contributed by atoms with Gasteiger partial charge < -0.3 is 5.32 Å². The van der Waals surface area contributed by atoms with Gasteiger partial charge in [-0.1, -0.05) is 41.4 Å². The Morgan fingerprint density at radius 3 is 2.47 bits per heavy atom. The summed E-state index contributed by atoms with van der Waals surface area (Å²) in [4.78, 5) is 0. The summed E-state index contributed by atoms with van der Waals surface area (Å²) < 4.78 is 1.18. The Morgan fingerprint density at radius 2 is 1.89 bits per heavy atom. The van der Waals surface area contributed by atoms with Crippen LogP contribution in [-0.4, -0.2) is 12.6 Å². The summed E-state index contributed by atoms with van der Waals surface area (Å²) in [6, 6.07) is 9.63. The second-order valence-electron chi connectivity index (χ2n) is 6.55. The van der Waals surface area contributed by atoms with Gasteiger partial charge in [0.25, 0.3) is 0 Å². The lowest BCUT2D eigenvalue weighted by atomic mass is 9.75. The predicted octanol–water partition coefficient (Wildman–Crippen LogP) is 4.87. The van der Waals surface area contributed by atoms with Crippen LogP contribution in [-0.2, 0) is 0 Å². The maximum absolute atomic E-state index is 3.81. The van der Waals surface area contributed by atoms with Gasteiger partial charge in [-0.3, -0.25) is 0 Å². The number of benzene rings is 1. The SMILES string of the molecule is CCCC1(CNC2CC(c3ccc(Br)cc3)C2)CC1. The van der Waals surface area contributed by atoms with Gasteiger partial charge in [0.05, 0.1) is 0 Å². The number of hydrogen-bond acceptors (Lipinski definition) is 1. The Labute approximate surface area is 125 Å². The molecule has 2 aliphatic rings. The van der Waals surface area contributed by atoms with Crippen LogP contribution in [0.15, 0.2) is 28.7 Å². The third-order valence-corrected chi connectivity index (χ3v) is 5.51. The summed E-state index contributed by atoms with van der Waals surface area (Å²) in [5.41, 5.74) is 2.20. The molecule has 1 aromatic rings. The molecule has 0 radical (unpaired) electrons. The van der Waals surface area contributed by atoms with E-state index in [1.807, 2.05) is 0 Å². The summed E-state index contributed by atoms with van der Waals surface area (Å²) in [5.74, 6) is 0.784. The van der Waals surface area contributed by atoms with E-state index in [1.54, 1.807) is 0 Å². The number of halogens is 1. The van der Waals surface area contributed by atoms with Gasteiger partial charge in [0.15, 0.2) is 0 Å². The van der Waals surface area contributed by atoms with Crippen LogP contribution in [0.25, 0.3) is 0 Å². The lowest BCUT2D eigenvalue weighted by molar-refractivity contribution is 0.266. The highest BCUT2D eigenvalue weighted by Gasteiger charge is 2.42. The number of hydrogen-bond donors (Lipinski definition) is 1. The van der Waals surface area contributed by atoms with Crippen molar-refractivity contribution in [2.75, 3.05) is 6.54 Å². The van der Waals surface area contributed by atoms with E-state index in [9.17, 15) is 0 Å². The van der Waals surface area contributed by atoms with Gasteiger partial charge in [0, 0.05) is 17.1 Å². The van der Waals surface area contributed by atoms with Gasteiger partial charge in [-0.25, -0.2) is 0 Å². The predicted molar refractivity (Wildman–Crippen MR) is 84.5 cm³/mol. The third-order valence-electron chi connectivity index (χ3n) is 4.98. The van der Waals surface area contributed by atoms with Crippen LogP contribution in [0.5, 0.6) is 0 Å². The van der Waals surface area contributed by atoms with Crippen molar-refractivity contribution < 1.29 is 0 Å². The smallest absolute Gasteiger partial charge is 0.0175 e. The highest BCUT2D eigenvalue weighted by atomic mass is 79.9. The molecule has 1 N–H and O–H groups in total. The molecule has 2 aliphatic carbocycles. The Hall–Kier alpha value is -0.340. The summed E-state index contributed by atoms with van der Waals surface area (Å²) in [6.07, 6.45) is 8.32. The zero-order valence-corrected chi connectivity index (χ0v) is 13.4. The molecule has 0 unspecified atom stereocenters. The summed E-state index contributed by atoms with van der Waals surface area (Å²) in [7, 11) is 0. The van der Waals surface area contributed by atoms with Crippen molar-refractivity contribution in [3.05, 3.63) is 34.3 Å².